The van der Waals surface area contributed by atoms with E-state index in [0.717, 1.165) is 38.9 Å². The Balaban J connectivity index is 0.00000132. The summed E-state index contributed by atoms with van der Waals surface area (Å²) in [5, 5.41) is 3.50. The summed E-state index contributed by atoms with van der Waals surface area (Å²) in [6.07, 6.45) is 7.09. The second-order valence-electron chi connectivity index (χ2n) is 7.65. The summed E-state index contributed by atoms with van der Waals surface area (Å²) in [5.74, 6) is 1.00. The minimum atomic E-state index is -0.0837. The average Bonchev–Trinajstić information content (AvgIpc) is 2.93. The highest BCUT2D eigenvalue weighted by Gasteiger charge is 2.51. The van der Waals surface area contributed by atoms with Gasteiger partial charge in [0.1, 0.15) is 0 Å². The molecule has 0 aromatic carbocycles. The number of amides is 1. The Labute approximate surface area is 153 Å². The summed E-state index contributed by atoms with van der Waals surface area (Å²) in [7, 11) is 4.25. The molecule has 2 heterocycles. The summed E-state index contributed by atoms with van der Waals surface area (Å²) in [6, 6.07) is 1.02. The van der Waals surface area contributed by atoms with Crippen LogP contribution in [0.5, 0.6) is 0 Å². The van der Waals surface area contributed by atoms with Gasteiger partial charge in [-0.25, -0.2) is 0 Å². The molecule has 4 nitrogen and oxygen atoms in total. The lowest BCUT2D eigenvalue weighted by molar-refractivity contribution is -0.147. The molecule has 3 aliphatic rings. The van der Waals surface area contributed by atoms with Gasteiger partial charge in [-0.2, -0.15) is 0 Å². The summed E-state index contributed by atoms with van der Waals surface area (Å²) in [4.78, 5) is 17.8. The molecule has 2 unspecified atom stereocenters. The highest BCUT2D eigenvalue weighted by Crippen LogP contribution is 2.45. The molecule has 2 saturated heterocycles. The largest absolute Gasteiger partial charge is 0.342 e. The summed E-state index contributed by atoms with van der Waals surface area (Å²) < 4.78 is 0. The lowest BCUT2D eigenvalue weighted by Crippen LogP contribution is -2.54. The van der Waals surface area contributed by atoms with E-state index >= 15 is 0 Å². The molecule has 136 valence electrons. The molecule has 0 spiro atoms. The van der Waals surface area contributed by atoms with Crippen LogP contribution in [-0.2, 0) is 4.79 Å². The number of halogens is 2. The molecule has 1 saturated carbocycles. The SMILES string of the molecule is CC1CC(N(C)C(=O)[C@@]23CCCC[C@H]2CNC3)CCN1C.Cl.Cl. The molecule has 0 bridgehead atoms. The first-order valence-corrected chi connectivity index (χ1v) is 8.73. The van der Waals surface area contributed by atoms with Crippen molar-refractivity contribution in [2.75, 3.05) is 33.7 Å². The summed E-state index contributed by atoms with van der Waals surface area (Å²) >= 11 is 0. The van der Waals surface area contributed by atoms with E-state index in [9.17, 15) is 4.79 Å². The van der Waals surface area contributed by atoms with E-state index in [1.807, 2.05) is 0 Å². The van der Waals surface area contributed by atoms with Gasteiger partial charge in [-0.15, -0.1) is 24.8 Å². The van der Waals surface area contributed by atoms with Gasteiger partial charge in [-0.1, -0.05) is 12.8 Å². The predicted molar refractivity (Wildman–Crippen MR) is 99.6 cm³/mol. The van der Waals surface area contributed by atoms with Crippen LogP contribution in [0.4, 0.5) is 0 Å². The van der Waals surface area contributed by atoms with Crippen LogP contribution in [0.25, 0.3) is 0 Å². The van der Waals surface area contributed by atoms with Gasteiger partial charge in [0, 0.05) is 32.2 Å². The van der Waals surface area contributed by atoms with E-state index in [-0.39, 0.29) is 30.2 Å². The maximum atomic E-state index is 13.3. The first-order chi connectivity index (χ1) is 10.0. The number of likely N-dealkylation sites (tertiary alicyclic amines) is 1. The Hall–Kier alpha value is -0.0300. The van der Waals surface area contributed by atoms with E-state index < -0.39 is 0 Å². The second kappa shape index (κ2) is 8.37. The fourth-order valence-electron chi connectivity index (χ4n) is 4.80. The smallest absolute Gasteiger partial charge is 0.230 e. The van der Waals surface area contributed by atoms with Crippen LogP contribution in [0.15, 0.2) is 0 Å². The number of hydrogen-bond donors (Lipinski definition) is 1. The highest BCUT2D eigenvalue weighted by molar-refractivity contribution is 5.85. The third-order valence-corrected chi connectivity index (χ3v) is 6.51. The molecule has 1 N–H and O–H groups in total. The number of piperidine rings is 1. The molecule has 23 heavy (non-hydrogen) atoms. The lowest BCUT2D eigenvalue weighted by Gasteiger charge is -2.45. The maximum Gasteiger partial charge on any atom is 0.230 e. The number of carbonyl (C=O) groups is 1. The minimum Gasteiger partial charge on any atom is -0.342 e. The molecule has 1 aliphatic carbocycles. The van der Waals surface area contributed by atoms with Crippen molar-refractivity contribution in [1.82, 2.24) is 15.1 Å². The van der Waals surface area contributed by atoms with Crippen molar-refractivity contribution in [2.24, 2.45) is 11.3 Å². The van der Waals surface area contributed by atoms with Crippen molar-refractivity contribution < 1.29 is 4.79 Å². The van der Waals surface area contributed by atoms with Crippen molar-refractivity contribution in [2.45, 2.75) is 57.5 Å². The quantitative estimate of drug-likeness (QED) is 0.816. The maximum absolute atomic E-state index is 13.3. The van der Waals surface area contributed by atoms with E-state index in [2.05, 4.69) is 36.1 Å². The van der Waals surface area contributed by atoms with E-state index in [0.29, 0.717) is 23.9 Å². The molecule has 0 aromatic rings. The van der Waals surface area contributed by atoms with Crippen molar-refractivity contribution >= 4 is 30.7 Å². The Morgan fingerprint density at radius 3 is 2.70 bits per heavy atom. The number of nitrogens with one attached hydrogen (secondary N) is 1. The van der Waals surface area contributed by atoms with Gasteiger partial charge in [-0.05, 0) is 52.1 Å². The first kappa shape index (κ1) is 21.0. The third kappa shape index (κ3) is 3.81. The van der Waals surface area contributed by atoms with Gasteiger partial charge in [0.15, 0.2) is 0 Å². The summed E-state index contributed by atoms with van der Waals surface area (Å²) in [6.45, 7) is 5.34. The topological polar surface area (TPSA) is 35.6 Å². The van der Waals surface area contributed by atoms with Crippen molar-refractivity contribution in [1.29, 1.82) is 0 Å². The fraction of sp³-hybridized carbons (Fsp3) is 0.941. The summed E-state index contributed by atoms with van der Waals surface area (Å²) in [5.41, 5.74) is -0.0837. The zero-order chi connectivity index (χ0) is 15.0. The minimum absolute atomic E-state index is 0. The number of fused-ring (bicyclic) bond motifs is 1. The van der Waals surface area contributed by atoms with Crippen LogP contribution in [0.2, 0.25) is 0 Å². The van der Waals surface area contributed by atoms with E-state index in [4.69, 9.17) is 0 Å². The van der Waals surface area contributed by atoms with E-state index in [1.165, 1.54) is 19.3 Å². The number of nitrogens with zero attached hydrogens (tertiary/aromatic N) is 2. The van der Waals surface area contributed by atoms with Crippen LogP contribution in [0.3, 0.4) is 0 Å². The van der Waals surface area contributed by atoms with Gasteiger partial charge < -0.3 is 15.1 Å². The monoisotopic (exact) mass is 365 g/mol. The molecule has 3 rings (SSSR count). The van der Waals surface area contributed by atoms with Gasteiger partial charge in [0.05, 0.1) is 5.41 Å². The predicted octanol–water partition coefficient (Wildman–Crippen LogP) is 2.55. The van der Waals surface area contributed by atoms with Crippen LogP contribution < -0.4 is 5.32 Å². The van der Waals surface area contributed by atoms with Crippen LogP contribution in [0, 0.1) is 11.3 Å². The zero-order valence-electron chi connectivity index (χ0n) is 14.7. The molecule has 1 amide bonds. The Morgan fingerprint density at radius 2 is 2.00 bits per heavy atom. The average molecular weight is 366 g/mol. The number of rotatable bonds is 2. The van der Waals surface area contributed by atoms with Crippen LogP contribution >= 0.6 is 24.8 Å². The number of carbonyl (C=O) groups excluding carboxylic acids is 1. The first-order valence-electron chi connectivity index (χ1n) is 8.73. The van der Waals surface area contributed by atoms with Gasteiger partial charge >= 0.3 is 0 Å². The Bertz CT molecular complexity index is 409. The number of hydrogen-bond acceptors (Lipinski definition) is 3. The highest BCUT2D eigenvalue weighted by atomic mass is 35.5. The molecular formula is C17H33Cl2N3O. The van der Waals surface area contributed by atoms with Gasteiger partial charge in [0.2, 0.25) is 5.91 Å². The standard InChI is InChI=1S/C17H31N3O.2ClH/c1-13-10-15(7-9-19(13)2)20(3)16(21)17-8-5-4-6-14(17)11-18-12-17;;/h13-15,18H,4-12H2,1-3H3;2*1H/t13?,14-,15?,17+;;/m0../s1. The van der Waals surface area contributed by atoms with Crippen molar-refractivity contribution in [3.63, 3.8) is 0 Å². The zero-order valence-corrected chi connectivity index (χ0v) is 16.3. The van der Waals surface area contributed by atoms with Gasteiger partial charge in [0.25, 0.3) is 0 Å². The fourth-order valence-corrected chi connectivity index (χ4v) is 4.80. The van der Waals surface area contributed by atoms with Crippen LogP contribution in [-0.4, -0.2) is 61.5 Å². The van der Waals surface area contributed by atoms with E-state index in [1.54, 1.807) is 0 Å². The lowest BCUT2D eigenvalue weighted by atomic mass is 9.67. The second-order valence-corrected chi connectivity index (χ2v) is 7.65. The molecule has 0 aromatic heterocycles. The molecule has 0 radical (unpaired) electrons. The van der Waals surface area contributed by atoms with Crippen molar-refractivity contribution in [3.05, 3.63) is 0 Å². The molecule has 6 heteroatoms. The van der Waals surface area contributed by atoms with Crippen molar-refractivity contribution in [3.8, 4) is 0 Å². The third-order valence-electron chi connectivity index (χ3n) is 6.51. The Kier molecular flexibility index (Phi) is 7.65. The molecular weight excluding hydrogens is 333 g/mol. The van der Waals surface area contributed by atoms with Crippen LogP contribution in [0.1, 0.15) is 45.4 Å². The normalized spacial score (nSPS) is 37.3. The van der Waals surface area contributed by atoms with Gasteiger partial charge in [-0.3, -0.25) is 4.79 Å². The molecule has 2 aliphatic heterocycles. The Morgan fingerprint density at radius 1 is 1.26 bits per heavy atom. The molecule has 4 atom stereocenters. The molecule has 3 fully saturated rings.